The number of urea groups is 1. The van der Waals surface area contributed by atoms with E-state index in [0.29, 0.717) is 32.6 Å². The third kappa shape index (κ3) is 7.36. The molecule has 0 atom stereocenters. The minimum Gasteiger partial charge on any atom is -0.354 e. The van der Waals surface area contributed by atoms with Crippen molar-refractivity contribution in [2.45, 2.75) is 38.9 Å². The Morgan fingerprint density at radius 1 is 1.17 bits per heavy atom. The van der Waals surface area contributed by atoms with Crippen LogP contribution in [0.1, 0.15) is 32.8 Å². The molecule has 0 spiro atoms. The minimum atomic E-state index is -4.50. The van der Waals surface area contributed by atoms with E-state index in [1.165, 1.54) is 0 Å². The highest BCUT2D eigenvalue weighted by Crippen LogP contribution is 2.33. The van der Waals surface area contributed by atoms with Crippen molar-refractivity contribution in [3.63, 3.8) is 0 Å². The molecule has 11 heteroatoms. The van der Waals surface area contributed by atoms with Gasteiger partial charge >= 0.3 is 12.2 Å². The summed E-state index contributed by atoms with van der Waals surface area (Å²) in [7, 11) is 0. The Kier molecular flexibility index (Phi) is 7.34. The summed E-state index contributed by atoms with van der Waals surface area (Å²) in [6.45, 7) is 7.53. The molecule has 1 aromatic rings. The van der Waals surface area contributed by atoms with Gasteiger partial charge in [0.05, 0.1) is 17.1 Å². The number of anilines is 1. The Bertz CT molecular complexity index is 752. The second kappa shape index (κ2) is 9.17. The Balaban J connectivity index is 1.92. The van der Waals surface area contributed by atoms with Crippen LogP contribution in [0.3, 0.4) is 0 Å². The first kappa shape index (κ1) is 23.2. The highest BCUT2D eigenvalue weighted by molar-refractivity contribution is 6.33. The van der Waals surface area contributed by atoms with Crippen LogP contribution in [-0.2, 0) is 11.0 Å². The molecule has 162 valence electrons. The zero-order valence-corrected chi connectivity index (χ0v) is 17.3. The molecular weight excluding hydrogens is 411 g/mol. The van der Waals surface area contributed by atoms with Crippen LogP contribution in [-0.4, -0.2) is 60.1 Å². The molecular formula is C18H25ClF3N5O2. The lowest BCUT2D eigenvalue weighted by Crippen LogP contribution is -2.50. The van der Waals surface area contributed by atoms with Gasteiger partial charge in [-0.2, -0.15) is 13.2 Å². The van der Waals surface area contributed by atoms with Crippen LogP contribution in [0.25, 0.3) is 0 Å². The van der Waals surface area contributed by atoms with Crippen molar-refractivity contribution in [1.82, 2.24) is 20.5 Å². The second-order valence-electron chi connectivity index (χ2n) is 7.90. The molecule has 0 unspecified atom stereocenters. The van der Waals surface area contributed by atoms with Crippen molar-refractivity contribution in [2.75, 3.05) is 37.6 Å². The summed E-state index contributed by atoms with van der Waals surface area (Å²) in [5.74, 6) is -0.138. The van der Waals surface area contributed by atoms with Gasteiger partial charge in [-0.3, -0.25) is 15.0 Å². The molecule has 0 bridgehead atoms. The van der Waals surface area contributed by atoms with Crippen molar-refractivity contribution in [3.05, 3.63) is 22.8 Å². The molecule has 0 saturated carbocycles. The third-order valence-electron chi connectivity index (χ3n) is 4.15. The van der Waals surface area contributed by atoms with E-state index < -0.39 is 29.2 Å². The first-order valence-corrected chi connectivity index (χ1v) is 9.55. The van der Waals surface area contributed by atoms with Gasteiger partial charge in [0, 0.05) is 37.9 Å². The van der Waals surface area contributed by atoms with Crippen LogP contribution in [0.4, 0.5) is 23.8 Å². The molecule has 2 rings (SSSR count). The number of imide groups is 1. The van der Waals surface area contributed by atoms with Crippen molar-refractivity contribution in [3.8, 4) is 0 Å². The summed E-state index contributed by atoms with van der Waals surface area (Å²) in [4.78, 5) is 31.4. The van der Waals surface area contributed by atoms with Crippen molar-refractivity contribution < 1.29 is 22.8 Å². The summed E-state index contributed by atoms with van der Waals surface area (Å²) in [6, 6.07) is 0.313. The number of rotatable bonds is 3. The zero-order valence-electron chi connectivity index (χ0n) is 16.6. The van der Waals surface area contributed by atoms with Crippen LogP contribution in [0.2, 0.25) is 5.02 Å². The predicted molar refractivity (Wildman–Crippen MR) is 104 cm³/mol. The lowest BCUT2D eigenvalue weighted by atomic mass is 10.1. The summed E-state index contributed by atoms with van der Waals surface area (Å²) < 4.78 is 38.3. The molecule has 1 saturated heterocycles. The first-order valence-electron chi connectivity index (χ1n) is 9.17. The fraction of sp³-hybridized carbons (Fsp3) is 0.611. The van der Waals surface area contributed by atoms with Gasteiger partial charge in [-0.15, -0.1) is 0 Å². The number of carbonyl (C=O) groups excluding carboxylic acids is 2. The van der Waals surface area contributed by atoms with E-state index in [4.69, 9.17) is 11.6 Å². The molecule has 3 amide bonds. The molecule has 0 aliphatic carbocycles. The summed E-state index contributed by atoms with van der Waals surface area (Å²) in [5, 5.41) is 4.88. The topological polar surface area (TPSA) is 77.6 Å². The Morgan fingerprint density at radius 2 is 1.86 bits per heavy atom. The number of halogens is 4. The molecule has 2 N–H and O–H groups in total. The van der Waals surface area contributed by atoms with Gasteiger partial charge in [-0.05, 0) is 33.3 Å². The van der Waals surface area contributed by atoms with Gasteiger partial charge < -0.3 is 10.2 Å². The van der Waals surface area contributed by atoms with Gasteiger partial charge in [0.1, 0.15) is 5.82 Å². The number of aromatic nitrogens is 1. The van der Waals surface area contributed by atoms with Crippen LogP contribution < -0.4 is 15.5 Å². The smallest absolute Gasteiger partial charge is 0.354 e. The van der Waals surface area contributed by atoms with Gasteiger partial charge in [0.25, 0.3) is 0 Å². The fourth-order valence-electron chi connectivity index (χ4n) is 2.90. The second-order valence-corrected chi connectivity index (χ2v) is 8.30. The maximum absolute atomic E-state index is 12.8. The van der Waals surface area contributed by atoms with E-state index in [-0.39, 0.29) is 17.4 Å². The Labute approximate surface area is 172 Å². The van der Waals surface area contributed by atoms with E-state index in [9.17, 15) is 22.8 Å². The summed E-state index contributed by atoms with van der Waals surface area (Å²) >= 11 is 6.03. The van der Waals surface area contributed by atoms with Crippen LogP contribution >= 0.6 is 11.6 Å². The average Bonchev–Trinajstić information content (AvgIpc) is 2.77. The highest BCUT2D eigenvalue weighted by atomic mass is 35.5. The number of nitrogens with one attached hydrogen (secondary N) is 2. The Morgan fingerprint density at radius 3 is 2.45 bits per heavy atom. The molecule has 29 heavy (non-hydrogen) atoms. The number of alkyl halides is 3. The van der Waals surface area contributed by atoms with E-state index in [2.05, 4.69) is 15.6 Å². The Hall–Kier alpha value is -2.07. The summed E-state index contributed by atoms with van der Waals surface area (Å²) in [5.41, 5.74) is -1.35. The van der Waals surface area contributed by atoms with E-state index in [1.807, 2.05) is 4.90 Å². The average molecular weight is 436 g/mol. The van der Waals surface area contributed by atoms with Crippen LogP contribution in [0.5, 0.6) is 0 Å². The highest BCUT2D eigenvalue weighted by Gasteiger charge is 2.32. The SMILES string of the molecule is CC(C)(C)NC(=O)NC(=O)CN1CCCN(c2ncc(C(F)(F)F)cc2Cl)CC1. The minimum absolute atomic E-state index is 0.0412. The molecule has 7 nitrogen and oxygen atoms in total. The monoisotopic (exact) mass is 435 g/mol. The molecule has 1 aliphatic rings. The number of amides is 3. The van der Waals surface area contributed by atoms with E-state index in [1.54, 1.807) is 25.7 Å². The number of pyridine rings is 1. The van der Waals surface area contributed by atoms with Crippen molar-refractivity contribution >= 4 is 29.4 Å². The van der Waals surface area contributed by atoms with Crippen LogP contribution in [0.15, 0.2) is 12.3 Å². The zero-order chi connectivity index (χ0) is 21.8. The number of nitrogens with zero attached hydrogens (tertiary/aromatic N) is 3. The maximum atomic E-state index is 12.8. The van der Waals surface area contributed by atoms with Gasteiger partial charge in [0.2, 0.25) is 5.91 Å². The van der Waals surface area contributed by atoms with E-state index in [0.717, 1.165) is 12.3 Å². The summed E-state index contributed by atoms with van der Waals surface area (Å²) in [6.07, 6.45) is -3.07. The van der Waals surface area contributed by atoms with Crippen molar-refractivity contribution in [1.29, 1.82) is 0 Å². The number of hydrogen-bond donors (Lipinski definition) is 2. The van der Waals surface area contributed by atoms with Gasteiger partial charge in [-0.1, -0.05) is 11.6 Å². The largest absolute Gasteiger partial charge is 0.417 e. The fourth-order valence-corrected chi connectivity index (χ4v) is 3.19. The number of hydrogen-bond acceptors (Lipinski definition) is 5. The van der Waals surface area contributed by atoms with Gasteiger partial charge in [0.15, 0.2) is 0 Å². The van der Waals surface area contributed by atoms with Gasteiger partial charge in [-0.25, -0.2) is 9.78 Å². The molecule has 0 radical (unpaired) electrons. The van der Waals surface area contributed by atoms with E-state index >= 15 is 0 Å². The molecule has 0 aromatic carbocycles. The first-order chi connectivity index (χ1) is 13.3. The molecule has 1 fully saturated rings. The molecule has 1 aromatic heterocycles. The lowest BCUT2D eigenvalue weighted by molar-refractivity contribution is -0.137. The normalized spacial score (nSPS) is 16.3. The third-order valence-corrected chi connectivity index (χ3v) is 4.42. The van der Waals surface area contributed by atoms with Crippen LogP contribution in [0, 0.1) is 0 Å². The maximum Gasteiger partial charge on any atom is 0.417 e. The van der Waals surface area contributed by atoms with Crippen molar-refractivity contribution in [2.24, 2.45) is 0 Å². The lowest BCUT2D eigenvalue weighted by Gasteiger charge is -2.24. The quantitative estimate of drug-likeness (QED) is 0.763. The standard InChI is InChI=1S/C18H25ClF3N5O2/c1-17(2,3)25-16(29)24-14(28)11-26-5-4-6-27(8-7-26)15-13(19)9-12(10-23-15)18(20,21)22/h9-10H,4-8,11H2,1-3H3,(H2,24,25,28,29). The molecule has 1 aliphatic heterocycles. The number of carbonyl (C=O) groups is 2. The predicted octanol–water partition coefficient (Wildman–Crippen LogP) is 2.89. The molecule has 2 heterocycles.